The molecule has 0 fully saturated rings. The van der Waals surface area contributed by atoms with Crippen molar-refractivity contribution in [1.82, 2.24) is 24.1 Å². The van der Waals surface area contributed by atoms with E-state index in [1.807, 2.05) is 47.8 Å². The first-order chi connectivity index (χ1) is 15.1. The third-order valence-corrected chi connectivity index (χ3v) is 6.09. The van der Waals surface area contributed by atoms with Crippen molar-refractivity contribution < 1.29 is 5.11 Å². The Morgan fingerprint density at radius 1 is 1.16 bits per heavy atom. The van der Waals surface area contributed by atoms with Gasteiger partial charge in [-0.1, -0.05) is 60.3 Å². The first-order valence-electron chi connectivity index (χ1n) is 10.1. The molecule has 0 aliphatic rings. The molecular formula is C23H25N5O2S. The second kappa shape index (κ2) is 9.47. The van der Waals surface area contributed by atoms with Crippen LogP contribution in [0.1, 0.15) is 5.56 Å². The number of aliphatic hydroxyl groups excluding tert-OH is 1. The highest BCUT2D eigenvalue weighted by atomic mass is 32.2. The molecule has 1 unspecified atom stereocenters. The van der Waals surface area contributed by atoms with E-state index in [2.05, 4.69) is 33.8 Å². The molecule has 2 heterocycles. The van der Waals surface area contributed by atoms with Crippen LogP contribution >= 0.6 is 11.8 Å². The van der Waals surface area contributed by atoms with Crippen LogP contribution in [-0.4, -0.2) is 54.6 Å². The maximum absolute atomic E-state index is 12.9. The number of hydrogen-bond donors (Lipinski definition) is 1. The van der Waals surface area contributed by atoms with E-state index < -0.39 is 6.10 Å². The minimum absolute atomic E-state index is 0.116. The molecule has 2 aromatic heterocycles. The molecule has 0 amide bonds. The van der Waals surface area contributed by atoms with E-state index in [1.54, 1.807) is 16.7 Å². The molecule has 2 aromatic carbocycles. The minimum Gasteiger partial charge on any atom is -0.391 e. The highest BCUT2D eigenvalue weighted by molar-refractivity contribution is 7.99. The molecule has 4 rings (SSSR count). The average molecular weight is 436 g/mol. The van der Waals surface area contributed by atoms with Gasteiger partial charge in [0.1, 0.15) is 0 Å². The van der Waals surface area contributed by atoms with Crippen LogP contribution in [0.25, 0.3) is 16.7 Å². The van der Waals surface area contributed by atoms with Crippen LogP contribution in [0.3, 0.4) is 0 Å². The van der Waals surface area contributed by atoms with E-state index >= 15 is 0 Å². The fraction of sp³-hybridized carbons (Fsp3) is 0.261. The second-order valence-corrected chi connectivity index (χ2v) is 8.47. The van der Waals surface area contributed by atoms with Gasteiger partial charge in [-0.3, -0.25) is 18.7 Å². The SMILES string of the molecule is C=CCn1c(=O)c2ccccc2n2c(SCC(O)CN(C)Cc3ccccc3)nnc12. The molecule has 4 aromatic rings. The van der Waals surface area contributed by atoms with Crippen molar-refractivity contribution in [3.05, 3.63) is 83.2 Å². The minimum atomic E-state index is -0.531. The monoisotopic (exact) mass is 435 g/mol. The molecule has 0 bridgehead atoms. The van der Waals surface area contributed by atoms with E-state index in [1.165, 1.54) is 17.3 Å². The number of thioether (sulfide) groups is 1. The summed E-state index contributed by atoms with van der Waals surface area (Å²) in [6, 6.07) is 17.6. The fourth-order valence-corrected chi connectivity index (χ4v) is 4.52. The van der Waals surface area contributed by atoms with Crippen LogP contribution in [0, 0.1) is 0 Å². The molecule has 1 atom stereocenters. The maximum atomic E-state index is 12.9. The molecule has 0 saturated carbocycles. The lowest BCUT2D eigenvalue weighted by Gasteiger charge is -2.20. The summed E-state index contributed by atoms with van der Waals surface area (Å²) in [5, 5.41) is 20.4. The molecule has 0 aliphatic heterocycles. The van der Waals surface area contributed by atoms with Crippen molar-refractivity contribution in [2.75, 3.05) is 19.3 Å². The summed E-state index contributed by atoms with van der Waals surface area (Å²) in [5.41, 5.74) is 1.85. The predicted molar refractivity (Wildman–Crippen MR) is 124 cm³/mol. The number of hydrogen-bond acceptors (Lipinski definition) is 6. The van der Waals surface area contributed by atoms with Crippen molar-refractivity contribution in [2.45, 2.75) is 24.3 Å². The normalized spacial score (nSPS) is 12.6. The highest BCUT2D eigenvalue weighted by Gasteiger charge is 2.17. The molecule has 8 heteroatoms. The molecule has 160 valence electrons. The summed E-state index contributed by atoms with van der Waals surface area (Å²) in [6.45, 7) is 5.41. The van der Waals surface area contributed by atoms with Crippen molar-refractivity contribution in [3.8, 4) is 0 Å². The van der Waals surface area contributed by atoms with Gasteiger partial charge in [0, 0.05) is 25.4 Å². The van der Waals surface area contributed by atoms with Crippen LogP contribution in [-0.2, 0) is 13.1 Å². The van der Waals surface area contributed by atoms with Crippen LogP contribution < -0.4 is 5.56 Å². The quantitative estimate of drug-likeness (QED) is 0.322. The topological polar surface area (TPSA) is 75.7 Å². The Hall–Kier alpha value is -2.94. The smallest absolute Gasteiger partial charge is 0.263 e. The molecule has 0 spiro atoms. The number of benzene rings is 2. The number of para-hydroxylation sites is 1. The van der Waals surface area contributed by atoms with Gasteiger partial charge in [-0.15, -0.1) is 16.8 Å². The van der Waals surface area contributed by atoms with Gasteiger partial charge in [0.05, 0.1) is 17.0 Å². The van der Waals surface area contributed by atoms with E-state index in [9.17, 15) is 9.90 Å². The summed E-state index contributed by atoms with van der Waals surface area (Å²) in [6.07, 6.45) is 1.14. The van der Waals surface area contributed by atoms with Gasteiger partial charge in [0.15, 0.2) is 5.16 Å². The van der Waals surface area contributed by atoms with Crippen LogP contribution in [0.2, 0.25) is 0 Å². The van der Waals surface area contributed by atoms with E-state index in [0.717, 1.165) is 12.1 Å². The third kappa shape index (κ3) is 4.56. The second-order valence-electron chi connectivity index (χ2n) is 7.49. The average Bonchev–Trinajstić information content (AvgIpc) is 3.20. The highest BCUT2D eigenvalue weighted by Crippen LogP contribution is 2.22. The van der Waals surface area contributed by atoms with Gasteiger partial charge in [0.25, 0.3) is 5.56 Å². The maximum Gasteiger partial charge on any atom is 0.263 e. The van der Waals surface area contributed by atoms with Gasteiger partial charge in [-0.2, -0.15) is 0 Å². The third-order valence-electron chi connectivity index (χ3n) is 5.01. The molecule has 7 nitrogen and oxygen atoms in total. The molecule has 0 radical (unpaired) electrons. The standard InChI is InChI=1S/C23H25N5O2S/c1-3-13-27-21(30)19-11-7-8-12-20(19)28-22(27)24-25-23(28)31-16-18(29)15-26(2)14-17-9-5-4-6-10-17/h3-12,18,29H,1,13-16H2,2H3. The number of rotatable bonds is 9. The van der Waals surface area contributed by atoms with Crippen LogP contribution in [0.4, 0.5) is 0 Å². The van der Waals surface area contributed by atoms with Crippen molar-refractivity contribution in [3.63, 3.8) is 0 Å². The van der Waals surface area contributed by atoms with Gasteiger partial charge in [0.2, 0.25) is 5.78 Å². The zero-order valence-electron chi connectivity index (χ0n) is 17.4. The summed E-state index contributed by atoms with van der Waals surface area (Å²) >= 11 is 1.43. The zero-order valence-corrected chi connectivity index (χ0v) is 18.2. The number of aliphatic hydroxyl groups is 1. The summed E-state index contributed by atoms with van der Waals surface area (Å²) in [5.74, 6) is 0.941. The number of nitrogens with zero attached hydrogens (tertiary/aromatic N) is 5. The van der Waals surface area contributed by atoms with Gasteiger partial charge in [-0.05, 0) is 24.7 Å². The molecule has 0 saturated heterocycles. The van der Waals surface area contributed by atoms with Crippen molar-refractivity contribution in [2.24, 2.45) is 0 Å². The Morgan fingerprint density at radius 3 is 2.68 bits per heavy atom. The molecule has 0 aliphatic carbocycles. The lowest BCUT2D eigenvalue weighted by molar-refractivity contribution is 0.142. The van der Waals surface area contributed by atoms with Gasteiger partial charge in [-0.25, -0.2) is 0 Å². The summed E-state index contributed by atoms with van der Waals surface area (Å²) in [7, 11) is 1.99. The van der Waals surface area contributed by atoms with E-state index in [0.29, 0.717) is 35.2 Å². The first-order valence-corrected chi connectivity index (χ1v) is 11.1. The van der Waals surface area contributed by atoms with Crippen molar-refractivity contribution >= 4 is 28.4 Å². The summed E-state index contributed by atoms with van der Waals surface area (Å²) < 4.78 is 3.45. The number of likely N-dealkylation sites (N-methyl/N-ethyl adjacent to an activating group) is 1. The predicted octanol–water partition coefficient (Wildman–Crippen LogP) is 2.82. The zero-order chi connectivity index (χ0) is 21.8. The fourth-order valence-electron chi connectivity index (χ4n) is 3.66. The Balaban J connectivity index is 1.54. The lowest BCUT2D eigenvalue weighted by Crippen LogP contribution is -2.30. The Kier molecular flexibility index (Phi) is 6.50. The summed E-state index contributed by atoms with van der Waals surface area (Å²) in [4.78, 5) is 15.0. The molecule has 31 heavy (non-hydrogen) atoms. The Morgan fingerprint density at radius 2 is 1.90 bits per heavy atom. The van der Waals surface area contributed by atoms with Crippen LogP contribution in [0.5, 0.6) is 0 Å². The van der Waals surface area contributed by atoms with Crippen molar-refractivity contribution in [1.29, 1.82) is 0 Å². The number of allylic oxidation sites excluding steroid dienone is 1. The van der Waals surface area contributed by atoms with Gasteiger partial charge < -0.3 is 5.11 Å². The number of fused-ring (bicyclic) bond motifs is 3. The Bertz CT molecular complexity index is 1250. The van der Waals surface area contributed by atoms with Crippen LogP contribution in [0.15, 0.2) is 77.2 Å². The lowest BCUT2D eigenvalue weighted by atomic mass is 10.2. The number of aromatic nitrogens is 4. The molecular weight excluding hydrogens is 410 g/mol. The molecule has 1 N–H and O–H groups in total. The Labute approximate surface area is 184 Å². The van der Waals surface area contributed by atoms with E-state index in [4.69, 9.17) is 0 Å². The van der Waals surface area contributed by atoms with E-state index in [-0.39, 0.29) is 5.56 Å². The first kappa shape index (κ1) is 21.3. The van der Waals surface area contributed by atoms with Gasteiger partial charge >= 0.3 is 0 Å². The largest absolute Gasteiger partial charge is 0.391 e.